The second kappa shape index (κ2) is 11.2. The van der Waals surface area contributed by atoms with Gasteiger partial charge in [0, 0.05) is 18.7 Å². The van der Waals surface area contributed by atoms with Crippen molar-refractivity contribution in [3.05, 3.63) is 65.2 Å². The van der Waals surface area contributed by atoms with Crippen LogP contribution in [-0.4, -0.2) is 66.5 Å². The quantitative estimate of drug-likeness (QED) is 0.320. The van der Waals surface area contributed by atoms with Crippen molar-refractivity contribution in [2.45, 2.75) is 39.3 Å². The lowest BCUT2D eigenvalue weighted by Crippen LogP contribution is -2.35. The van der Waals surface area contributed by atoms with Gasteiger partial charge in [-0.2, -0.15) is 0 Å². The average Bonchev–Trinajstić information content (AvgIpc) is 3.06. The maximum Gasteiger partial charge on any atom is 0.295 e. The lowest BCUT2D eigenvalue weighted by molar-refractivity contribution is -0.140. The smallest absolute Gasteiger partial charge is 0.295 e. The average molecular weight is 467 g/mol. The van der Waals surface area contributed by atoms with E-state index in [4.69, 9.17) is 9.47 Å². The molecular formula is C27H34N2O5. The second-order valence-electron chi connectivity index (χ2n) is 8.90. The number of likely N-dealkylation sites (tertiary alicyclic amines) is 1. The van der Waals surface area contributed by atoms with Crippen LogP contribution < -0.4 is 9.47 Å². The molecule has 182 valence electrons. The van der Waals surface area contributed by atoms with Crippen molar-refractivity contribution in [1.29, 1.82) is 0 Å². The van der Waals surface area contributed by atoms with Gasteiger partial charge in [-0.25, -0.2) is 0 Å². The largest absolute Gasteiger partial charge is 0.507 e. The number of benzene rings is 2. The van der Waals surface area contributed by atoms with E-state index in [2.05, 4.69) is 0 Å². The molecule has 1 aliphatic rings. The van der Waals surface area contributed by atoms with Gasteiger partial charge in [-0.1, -0.05) is 19.1 Å². The number of carbonyl (C=O) groups excluding carboxylic acids is 2. The molecule has 1 atom stereocenters. The van der Waals surface area contributed by atoms with E-state index < -0.39 is 17.7 Å². The summed E-state index contributed by atoms with van der Waals surface area (Å²) in [5.74, 6) is -0.108. The fourth-order valence-electron chi connectivity index (χ4n) is 3.85. The highest BCUT2D eigenvalue weighted by Gasteiger charge is 2.45. The highest BCUT2D eigenvalue weighted by atomic mass is 16.5. The molecule has 2 aromatic rings. The summed E-state index contributed by atoms with van der Waals surface area (Å²) < 4.78 is 11.3. The van der Waals surface area contributed by atoms with Gasteiger partial charge in [-0.3, -0.25) is 9.59 Å². The third-order valence-corrected chi connectivity index (χ3v) is 5.50. The molecule has 7 heteroatoms. The molecule has 1 saturated heterocycles. The van der Waals surface area contributed by atoms with Crippen molar-refractivity contribution in [3.8, 4) is 11.5 Å². The molecular weight excluding hydrogens is 432 g/mol. The number of ether oxygens (including phenoxy) is 2. The van der Waals surface area contributed by atoms with E-state index in [-0.39, 0.29) is 17.4 Å². The fraction of sp³-hybridized carbons (Fsp3) is 0.407. The van der Waals surface area contributed by atoms with Crippen LogP contribution in [0.3, 0.4) is 0 Å². The molecule has 0 unspecified atom stereocenters. The number of ketones is 1. The Balaban J connectivity index is 2.03. The fourth-order valence-corrected chi connectivity index (χ4v) is 3.85. The molecule has 0 bridgehead atoms. The van der Waals surface area contributed by atoms with E-state index in [0.717, 1.165) is 12.0 Å². The Labute approximate surface area is 201 Å². The Morgan fingerprint density at radius 1 is 1.03 bits per heavy atom. The molecule has 1 heterocycles. The summed E-state index contributed by atoms with van der Waals surface area (Å²) in [6, 6.07) is 13.5. The van der Waals surface area contributed by atoms with Crippen molar-refractivity contribution >= 4 is 17.4 Å². The maximum atomic E-state index is 13.1. The first-order chi connectivity index (χ1) is 16.2. The number of Topliss-reactive ketones (excluding diaryl/α,β-unsaturated/α-hetero) is 1. The molecule has 0 aromatic heterocycles. The number of hydrogen-bond acceptors (Lipinski definition) is 6. The zero-order valence-electron chi connectivity index (χ0n) is 20.6. The summed E-state index contributed by atoms with van der Waals surface area (Å²) in [6.45, 7) is 7.45. The minimum atomic E-state index is -0.691. The van der Waals surface area contributed by atoms with Crippen LogP contribution in [0.25, 0.3) is 5.76 Å². The van der Waals surface area contributed by atoms with E-state index in [1.165, 1.54) is 4.90 Å². The van der Waals surface area contributed by atoms with Crippen LogP contribution in [0.4, 0.5) is 0 Å². The molecule has 0 spiro atoms. The van der Waals surface area contributed by atoms with Crippen molar-refractivity contribution < 1.29 is 24.2 Å². The van der Waals surface area contributed by atoms with Gasteiger partial charge in [0.15, 0.2) is 0 Å². The molecule has 0 radical (unpaired) electrons. The van der Waals surface area contributed by atoms with Gasteiger partial charge in [-0.05, 0) is 76.3 Å². The van der Waals surface area contributed by atoms with E-state index in [1.54, 1.807) is 24.3 Å². The topological polar surface area (TPSA) is 79.3 Å². The molecule has 1 fully saturated rings. The van der Waals surface area contributed by atoms with E-state index >= 15 is 0 Å². The predicted octanol–water partition coefficient (Wildman–Crippen LogP) is 4.25. The van der Waals surface area contributed by atoms with Gasteiger partial charge in [0.25, 0.3) is 11.7 Å². The molecule has 34 heavy (non-hydrogen) atoms. The molecule has 1 amide bonds. The Hall–Kier alpha value is -3.32. The zero-order chi connectivity index (χ0) is 24.8. The van der Waals surface area contributed by atoms with Crippen LogP contribution in [0.2, 0.25) is 0 Å². The number of likely N-dealkylation sites (N-methyl/N-ethyl adjacent to an activating group) is 1. The van der Waals surface area contributed by atoms with Crippen LogP contribution in [0.5, 0.6) is 11.5 Å². The summed E-state index contributed by atoms with van der Waals surface area (Å²) in [6.07, 6.45) is 0.917. The monoisotopic (exact) mass is 466 g/mol. The van der Waals surface area contributed by atoms with Gasteiger partial charge < -0.3 is 24.4 Å². The van der Waals surface area contributed by atoms with Gasteiger partial charge >= 0.3 is 0 Å². The SMILES string of the molecule is CCCOc1ccc(C(O)=C2C(=O)C(=O)N(CCN(C)C)[C@@H]2c2ccc(OC(C)C)cc2)cc1. The first kappa shape index (κ1) is 25.3. The number of aliphatic hydroxyl groups is 1. The number of amides is 1. The molecule has 1 aliphatic heterocycles. The Kier molecular flexibility index (Phi) is 8.34. The molecule has 2 aromatic carbocycles. The Morgan fingerprint density at radius 3 is 2.21 bits per heavy atom. The molecule has 0 aliphatic carbocycles. The Morgan fingerprint density at radius 2 is 1.65 bits per heavy atom. The van der Waals surface area contributed by atoms with Gasteiger partial charge in [-0.15, -0.1) is 0 Å². The zero-order valence-corrected chi connectivity index (χ0v) is 20.6. The number of nitrogens with zero attached hydrogens (tertiary/aromatic N) is 2. The lowest BCUT2D eigenvalue weighted by Gasteiger charge is -2.26. The van der Waals surface area contributed by atoms with Crippen LogP contribution in [0, 0.1) is 0 Å². The highest BCUT2D eigenvalue weighted by Crippen LogP contribution is 2.39. The number of carbonyl (C=O) groups is 2. The molecule has 7 nitrogen and oxygen atoms in total. The van der Waals surface area contributed by atoms with Gasteiger partial charge in [0.05, 0.1) is 24.3 Å². The highest BCUT2D eigenvalue weighted by molar-refractivity contribution is 6.46. The van der Waals surface area contributed by atoms with Gasteiger partial charge in [0.1, 0.15) is 17.3 Å². The number of aliphatic hydroxyl groups excluding tert-OH is 1. The van der Waals surface area contributed by atoms with Crippen LogP contribution >= 0.6 is 0 Å². The van der Waals surface area contributed by atoms with Crippen molar-refractivity contribution in [3.63, 3.8) is 0 Å². The summed E-state index contributed by atoms with van der Waals surface area (Å²) in [5, 5.41) is 11.2. The summed E-state index contributed by atoms with van der Waals surface area (Å²) >= 11 is 0. The summed E-state index contributed by atoms with van der Waals surface area (Å²) in [5.41, 5.74) is 1.28. The van der Waals surface area contributed by atoms with Crippen LogP contribution in [0.1, 0.15) is 44.4 Å². The first-order valence-electron chi connectivity index (χ1n) is 11.7. The minimum Gasteiger partial charge on any atom is -0.507 e. The first-order valence-corrected chi connectivity index (χ1v) is 11.7. The molecule has 1 N–H and O–H groups in total. The van der Waals surface area contributed by atoms with Crippen molar-refractivity contribution in [2.24, 2.45) is 0 Å². The summed E-state index contributed by atoms with van der Waals surface area (Å²) in [4.78, 5) is 29.6. The van der Waals surface area contributed by atoms with Crippen molar-refractivity contribution in [1.82, 2.24) is 9.80 Å². The number of rotatable bonds is 10. The molecule has 3 rings (SSSR count). The third-order valence-electron chi connectivity index (χ3n) is 5.50. The van der Waals surface area contributed by atoms with Crippen LogP contribution in [-0.2, 0) is 9.59 Å². The maximum absolute atomic E-state index is 13.1. The van der Waals surface area contributed by atoms with E-state index in [9.17, 15) is 14.7 Å². The lowest BCUT2D eigenvalue weighted by atomic mass is 9.95. The third kappa shape index (κ3) is 5.78. The summed E-state index contributed by atoms with van der Waals surface area (Å²) in [7, 11) is 3.82. The normalized spacial score (nSPS) is 17.6. The van der Waals surface area contributed by atoms with E-state index in [1.807, 2.05) is 64.0 Å². The Bertz CT molecular complexity index is 1030. The minimum absolute atomic E-state index is 0.0286. The van der Waals surface area contributed by atoms with Crippen LogP contribution in [0.15, 0.2) is 54.1 Å². The molecule has 0 saturated carbocycles. The predicted molar refractivity (Wildman–Crippen MR) is 132 cm³/mol. The van der Waals surface area contributed by atoms with Crippen molar-refractivity contribution in [2.75, 3.05) is 33.8 Å². The second-order valence-corrected chi connectivity index (χ2v) is 8.90. The van der Waals surface area contributed by atoms with Gasteiger partial charge in [0.2, 0.25) is 0 Å². The number of hydrogen-bond donors (Lipinski definition) is 1. The van der Waals surface area contributed by atoms with E-state index in [0.29, 0.717) is 36.8 Å². The standard InChI is InChI=1S/C27H34N2O5/c1-6-17-33-21-11-9-20(10-12-21)25(30)23-24(19-7-13-22(14-8-19)34-18(2)3)29(16-15-28(4)5)27(32)26(23)31/h7-14,18,24,30H,6,15-17H2,1-5H3/t24-/m1/s1.